The summed E-state index contributed by atoms with van der Waals surface area (Å²) >= 11 is 2.03. The van der Waals surface area contributed by atoms with Gasteiger partial charge in [-0.15, -0.1) is 44.6 Å². The molecule has 0 aromatic carbocycles. The zero-order valence-electron chi connectivity index (χ0n) is 12.7. The second-order valence-electron chi connectivity index (χ2n) is 3.39. The van der Waals surface area contributed by atoms with Gasteiger partial charge in [0.1, 0.15) is 0 Å². The Morgan fingerprint density at radius 2 is 1.63 bits per heavy atom. The molecule has 0 amide bonds. The molecule has 4 heteroatoms. The van der Waals surface area contributed by atoms with E-state index in [0.29, 0.717) is 0 Å². The van der Waals surface area contributed by atoms with Crippen LogP contribution in [0.15, 0.2) is 34.9 Å². The molecule has 0 aliphatic heterocycles. The number of rotatable bonds is 0. The topological polar surface area (TPSA) is 0 Å². The molecule has 0 aromatic rings. The van der Waals surface area contributed by atoms with Crippen LogP contribution in [0.2, 0.25) is 0 Å². The Morgan fingerprint density at radius 1 is 1.11 bits per heavy atom. The molecular weight excluding hydrogens is 327 g/mol. The molecule has 2 rings (SSSR count). The molecule has 0 aromatic heterocycles. The molecule has 2 aliphatic rings. The third-order valence-corrected chi connectivity index (χ3v) is 2.41. The van der Waals surface area contributed by atoms with Crippen LogP contribution in [0.25, 0.3) is 0 Å². The number of hydrogen-bond donors (Lipinski definition) is 0. The van der Waals surface area contributed by atoms with Gasteiger partial charge in [0.15, 0.2) is 0 Å². The summed E-state index contributed by atoms with van der Waals surface area (Å²) in [5.41, 5.74) is 4.25. The maximum absolute atomic E-state index is 3.26. The van der Waals surface area contributed by atoms with Crippen molar-refractivity contribution in [1.29, 1.82) is 0 Å². The van der Waals surface area contributed by atoms with Gasteiger partial charge in [-0.1, -0.05) is 13.8 Å². The first-order valence-electron chi connectivity index (χ1n) is 5.03. The second kappa shape index (κ2) is 20.8. The predicted octanol–water partition coefficient (Wildman–Crippen LogP) is 4.61. The Bertz CT molecular complexity index is 303. The molecule has 0 nitrogen and oxygen atoms in total. The van der Waals surface area contributed by atoms with Crippen LogP contribution in [0, 0.1) is 27.0 Å². The van der Waals surface area contributed by atoms with Gasteiger partial charge in [-0.2, -0.15) is 17.2 Å². The van der Waals surface area contributed by atoms with Gasteiger partial charge < -0.3 is 14.9 Å². The summed E-state index contributed by atoms with van der Waals surface area (Å²) in [5.74, 6) is 0. The molecule has 0 saturated carbocycles. The van der Waals surface area contributed by atoms with Crippen LogP contribution in [0.3, 0.4) is 0 Å². The van der Waals surface area contributed by atoms with Gasteiger partial charge in [0.25, 0.3) is 0 Å². The van der Waals surface area contributed by atoms with Crippen molar-refractivity contribution in [2.45, 2.75) is 33.6 Å². The van der Waals surface area contributed by atoms with Gasteiger partial charge in [0, 0.05) is 0 Å². The van der Waals surface area contributed by atoms with E-state index in [-0.39, 0.29) is 39.7 Å². The van der Waals surface area contributed by atoms with Gasteiger partial charge >= 0.3 is 26.8 Å². The molecule has 0 bridgehead atoms. The van der Waals surface area contributed by atoms with Crippen LogP contribution in [-0.4, -0.2) is 7.63 Å². The number of allylic oxidation sites excluding steroid dienone is 8. The Kier molecular flexibility index (Phi) is 34.7. The van der Waals surface area contributed by atoms with Gasteiger partial charge in [0.2, 0.25) is 0 Å². The van der Waals surface area contributed by atoms with E-state index in [1.807, 2.05) is 39.0 Å². The predicted molar refractivity (Wildman–Crippen MR) is 92.9 cm³/mol. The van der Waals surface area contributed by atoms with E-state index < -0.39 is 0 Å². The summed E-state index contributed by atoms with van der Waals surface area (Å²) in [7, 11) is 1.86. The minimum atomic E-state index is 0. The van der Waals surface area contributed by atoms with Crippen LogP contribution < -0.4 is 0 Å². The van der Waals surface area contributed by atoms with Crippen molar-refractivity contribution in [3.63, 3.8) is 0 Å². The van der Waals surface area contributed by atoms with Crippen molar-refractivity contribution in [2.24, 2.45) is 0 Å². The van der Waals surface area contributed by atoms with Crippen molar-refractivity contribution in [1.82, 2.24) is 0 Å². The monoisotopic (exact) mass is 352 g/mol. The van der Waals surface area contributed by atoms with E-state index in [9.17, 15) is 0 Å². The van der Waals surface area contributed by atoms with Crippen molar-refractivity contribution >= 4 is 32.4 Å². The molecule has 0 heterocycles. The van der Waals surface area contributed by atoms with Crippen molar-refractivity contribution in [3.05, 3.63) is 62.0 Å². The summed E-state index contributed by atoms with van der Waals surface area (Å²) in [5, 5.41) is 0. The Balaban J connectivity index is -0.0000000534. The van der Waals surface area contributed by atoms with Crippen LogP contribution in [0.4, 0.5) is 0 Å². The summed E-state index contributed by atoms with van der Waals surface area (Å²) < 4.78 is 0. The Morgan fingerprint density at radius 3 is 1.74 bits per heavy atom. The molecule has 0 atom stereocenters. The molecule has 0 N–H and O–H groups in total. The van der Waals surface area contributed by atoms with Gasteiger partial charge in [-0.05, 0) is 0 Å². The molecule has 19 heavy (non-hydrogen) atoms. The van der Waals surface area contributed by atoms with Crippen molar-refractivity contribution in [2.75, 3.05) is 0 Å². The SMILES string of the molecule is CC1=[C-]CC(C)=C1C.Cl.Cl.[C-]1=CC=CC1.[CH3-].[CH3-].[SiH2]=[Ti]. The summed E-state index contributed by atoms with van der Waals surface area (Å²) in [6.07, 6.45) is 14.3. The third-order valence-electron chi connectivity index (χ3n) is 2.41. The molecular formula is C15H26Cl2SiTi-4. The summed E-state index contributed by atoms with van der Waals surface area (Å²) in [6, 6.07) is 0. The Hall–Kier alpha value is 0.471. The zero-order valence-corrected chi connectivity index (χ0v) is 17.3. The van der Waals surface area contributed by atoms with Gasteiger partial charge in [0.05, 0.1) is 0 Å². The molecule has 0 radical (unpaired) electrons. The number of halogens is 2. The standard InChI is InChI=1S/C8H11.C5H5.2CH3.2ClH.H2Si.Ti/c1-6-4-5-7(2)8(6)3;1-2-4-5-3-1;;;;;;/h4H2,1-3H3;1-3H,4H2;2*1H3;2*1H;1H2;/q4*-1;;;;. The fourth-order valence-electron chi connectivity index (χ4n) is 1.19. The average Bonchev–Trinajstić information content (AvgIpc) is 2.92. The summed E-state index contributed by atoms with van der Waals surface area (Å²) in [6.45, 7) is 6.44. The van der Waals surface area contributed by atoms with Crippen LogP contribution >= 0.6 is 24.8 Å². The first-order chi connectivity index (χ1) is 7.22. The third kappa shape index (κ3) is 14.7. The quantitative estimate of drug-likeness (QED) is 0.441. The van der Waals surface area contributed by atoms with Crippen LogP contribution in [0.1, 0.15) is 33.6 Å². The Labute approximate surface area is 146 Å². The molecule has 0 unspecified atom stereocenters. The van der Waals surface area contributed by atoms with Crippen LogP contribution in [0.5, 0.6) is 0 Å². The molecule has 0 spiro atoms. The maximum atomic E-state index is 3.26. The number of hydrogen-bond acceptors (Lipinski definition) is 0. The van der Waals surface area contributed by atoms with Gasteiger partial charge in [-0.25, -0.2) is 17.7 Å². The van der Waals surface area contributed by atoms with Gasteiger partial charge in [-0.3, -0.25) is 12.2 Å². The van der Waals surface area contributed by atoms with Crippen LogP contribution in [-0.2, 0) is 19.2 Å². The van der Waals surface area contributed by atoms with Crippen molar-refractivity contribution < 1.29 is 19.2 Å². The first-order valence-corrected chi connectivity index (χ1v) is 9.05. The summed E-state index contributed by atoms with van der Waals surface area (Å²) in [4.78, 5) is 0. The fraction of sp³-hybridized carbons (Fsp3) is 0.333. The van der Waals surface area contributed by atoms with Crippen molar-refractivity contribution in [3.8, 4) is 0 Å². The molecule has 0 fully saturated rings. The fourth-order valence-corrected chi connectivity index (χ4v) is 1.19. The molecule has 112 valence electrons. The van der Waals surface area contributed by atoms with E-state index in [1.54, 1.807) is 0 Å². The van der Waals surface area contributed by atoms with E-state index in [0.717, 1.165) is 12.8 Å². The van der Waals surface area contributed by atoms with E-state index in [1.165, 1.54) is 16.7 Å². The van der Waals surface area contributed by atoms with E-state index in [2.05, 4.69) is 39.0 Å². The van der Waals surface area contributed by atoms with E-state index >= 15 is 0 Å². The zero-order chi connectivity index (χ0) is 11.7. The normalized spacial score (nSPS) is 13.1. The van der Waals surface area contributed by atoms with E-state index in [4.69, 9.17) is 0 Å². The molecule has 0 saturated heterocycles. The average molecular weight is 353 g/mol. The molecule has 2 aliphatic carbocycles. The second-order valence-corrected chi connectivity index (χ2v) is 3.39. The minimum absolute atomic E-state index is 0. The first kappa shape index (κ1) is 31.7.